The Morgan fingerprint density at radius 2 is 1.00 bits per heavy atom. The molecule has 0 N–H and O–H groups in total. The van der Waals surface area contributed by atoms with Gasteiger partial charge in [-0.15, -0.1) is 0 Å². The first-order valence-corrected chi connectivity index (χ1v) is 10.5. The molecule has 0 saturated carbocycles. The van der Waals surface area contributed by atoms with E-state index in [1.807, 2.05) is 0 Å². The van der Waals surface area contributed by atoms with Gasteiger partial charge in [0.2, 0.25) is 0 Å². The molecule has 2 aromatic carbocycles. The molecule has 2 heterocycles. The minimum Gasteiger partial charge on any atom is -0.453 e. The monoisotopic (exact) mass is 470 g/mol. The number of rotatable bonds is 6. The van der Waals surface area contributed by atoms with Crippen molar-refractivity contribution >= 4 is 23.9 Å². The lowest BCUT2D eigenvalue weighted by molar-refractivity contribution is -0.132. The predicted octanol–water partition coefficient (Wildman–Crippen LogP) is 2.09. The lowest BCUT2D eigenvalue weighted by Gasteiger charge is -2.17. The third kappa shape index (κ3) is 5.41. The maximum atomic E-state index is 12.5. The number of esters is 4. The highest BCUT2D eigenvalue weighted by Gasteiger charge is 2.51. The van der Waals surface area contributed by atoms with Crippen LogP contribution in [0.2, 0.25) is 0 Å². The number of ether oxygens (including phenoxy) is 6. The third-order valence-electron chi connectivity index (χ3n) is 5.18. The fraction of sp³-hybridized carbons (Fsp3) is 0.333. The maximum absolute atomic E-state index is 12.5. The van der Waals surface area contributed by atoms with E-state index in [1.165, 1.54) is 62.4 Å². The van der Waals surface area contributed by atoms with Crippen LogP contribution in [0.15, 0.2) is 48.5 Å². The average molecular weight is 470 g/mol. The molecule has 2 fully saturated rings. The van der Waals surface area contributed by atoms with Crippen molar-refractivity contribution in [3.05, 3.63) is 59.7 Å². The molecule has 10 nitrogen and oxygen atoms in total. The molecule has 178 valence electrons. The van der Waals surface area contributed by atoms with Gasteiger partial charge >= 0.3 is 23.9 Å². The summed E-state index contributed by atoms with van der Waals surface area (Å²) < 4.78 is 32.4. The van der Waals surface area contributed by atoms with Crippen molar-refractivity contribution in [3.63, 3.8) is 0 Å². The number of carbonyl (C=O) groups excluding carboxylic acids is 4. The third-order valence-corrected chi connectivity index (χ3v) is 5.18. The lowest BCUT2D eigenvalue weighted by atomic mass is 10.1. The van der Waals surface area contributed by atoms with Crippen LogP contribution in [0.25, 0.3) is 0 Å². The number of fused-ring (bicyclic) bond motifs is 1. The molecule has 4 rings (SSSR count). The van der Waals surface area contributed by atoms with E-state index in [1.54, 1.807) is 0 Å². The molecular weight excluding hydrogens is 448 g/mol. The van der Waals surface area contributed by atoms with Gasteiger partial charge < -0.3 is 28.4 Å². The molecule has 0 aromatic heterocycles. The van der Waals surface area contributed by atoms with Crippen molar-refractivity contribution in [1.29, 1.82) is 0 Å². The summed E-state index contributed by atoms with van der Waals surface area (Å²) in [6.07, 6.45) is -2.49. The highest BCUT2D eigenvalue weighted by molar-refractivity contribution is 5.90. The average Bonchev–Trinajstić information content (AvgIpc) is 3.37. The molecule has 0 aliphatic carbocycles. The normalized spacial score (nSPS) is 23.0. The van der Waals surface area contributed by atoms with Crippen LogP contribution in [0.3, 0.4) is 0 Å². The van der Waals surface area contributed by atoms with Crippen molar-refractivity contribution in [2.75, 3.05) is 13.2 Å². The minimum atomic E-state index is -0.669. The summed E-state index contributed by atoms with van der Waals surface area (Å²) >= 11 is 0. The van der Waals surface area contributed by atoms with Crippen LogP contribution in [-0.4, -0.2) is 61.5 Å². The first-order chi connectivity index (χ1) is 16.3. The SMILES string of the molecule is CC(=O)Oc1ccc(C(=O)O[C@@H]2CO[C@H]3[C@@H]2OC[C@H]3OC(=O)c2ccc(OC(C)=O)cc2)cc1. The van der Waals surface area contributed by atoms with E-state index in [0.717, 1.165) is 0 Å². The van der Waals surface area contributed by atoms with E-state index in [-0.39, 0.29) is 24.3 Å². The summed E-state index contributed by atoms with van der Waals surface area (Å²) in [4.78, 5) is 47.0. The van der Waals surface area contributed by atoms with E-state index < -0.39 is 48.3 Å². The van der Waals surface area contributed by atoms with Crippen LogP contribution in [0.4, 0.5) is 0 Å². The smallest absolute Gasteiger partial charge is 0.338 e. The van der Waals surface area contributed by atoms with Gasteiger partial charge in [-0.2, -0.15) is 0 Å². The summed E-state index contributed by atoms with van der Waals surface area (Å²) in [6, 6.07) is 11.9. The van der Waals surface area contributed by atoms with Crippen LogP contribution < -0.4 is 9.47 Å². The zero-order chi connectivity index (χ0) is 24.2. The van der Waals surface area contributed by atoms with E-state index in [4.69, 9.17) is 28.4 Å². The fourth-order valence-corrected chi connectivity index (χ4v) is 3.69. The molecule has 0 bridgehead atoms. The molecule has 10 heteroatoms. The van der Waals surface area contributed by atoms with E-state index >= 15 is 0 Å². The molecule has 4 atom stereocenters. The second-order valence-corrected chi connectivity index (χ2v) is 7.72. The van der Waals surface area contributed by atoms with Gasteiger partial charge in [0.1, 0.15) is 23.7 Å². The molecule has 0 unspecified atom stereocenters. The van der Waals surface area contributed by atoms with Crippen LogP contribution in [-0.2, 0) is 28.5 Å². The summed E-state index contributed by atoms with van der Waals surface area (Å²) in [7, 11) is 0. The van der Waals surface area contributed by atoms with Gasteiger partial charge in [-0.25, -0.2) is 9.59 Å². The van der Waals surface area contributed by atoms with Crippen LogP contribution in [0.5, 0.6) is 11.5 Å². The number of benzene rings is 2. The summed E-state index contributed by atoms with van der Waals surface area (Å²) in [5, 5.41) is 0. The van der Waals surface area contributed by atoms with Gasteiger partial charge in [-0.1, -0.05) is 0 Å². The van der Waals surface area contributed by atoms with Crippen molar-refractivity contribution < 1.29 is 47.6 Å². The highest BCUT2D eigenvalue weighted by Crippen LogP contribution is 2.31. The van der Waals surface area contributed by atoms with Gasteiger partial charge in [0.05, 0.1) is 24.3 Å². The number of hydrogen-bond donors (Lipinski definition) is 0. The summed E-state index contributed by atoms with van der Waals surface area (Å²) in [5.41, 5.74) is 0.551. The Morgan fingerprint density at radius 3 is 1.32 bits per heavy atom. The van der Waals surface area contributed by atoms with Crippen molar-refractivity contribution in [2.24, 2.45) is 0 Å². The van der Waals surface area contributed by atoms with Gasteiger partial charge in [0, 0.05) is 13.8 Å². The summed E-state index contributed by atoms with van der Waals surface area (Å²) in [5.74, 6) is -1.45. The van der Waals surface area contributed by atoms with Gasteiger partial charge in [0.25, 0.3) is 0 Å². The van der Waals surface area contributed by atoms with E-state index in [2.05, 4.69) is 0 Å². The minimum absolute atomic E-state index is 0.0950. The van der Waals surface area contributed by atoms with Gasteiger partial charge in [-0.05, 0) is 48.5 Å². The van der Waals surface area contributed by atoms with Crippen LogP contribution in [0, 0.1) is 0 Å². The second-order valence-electron chi connectivity index (χ2n) is 7.72. The fourth-order valence-electron chi connectivity index (χ4n) is 3.69. The van der Waals surface area contributed by atoms with E-state index in [0.29, 0.717) is 11.5 Å². The van der Waals surface area contributed by atoms with Crippen LogP contribution in [0.1, 0.15) is 34.6 Å². The molecule has 0 spiro atoms. The highest BCUT2D eigenvalue weighted by atomic mass is 16.7. The van der Waals surface area contributed by atoms with E-state index in [9.17, 15) is 19.2 Å². The molecule has 34 heavy (non-hydrogen) atoms. The van der Waals surface area contributed by atoms with Crippen molar-refractivity contribution in [1.82, 2.24) is 0 Å². The Balaban J connectivity index is 1.31. The Hall–Kier alpha value is -3.76. The lowest BCUT2D eigenvalue weighted by Crippen LogP contribution is -2.36. The first-order valence-electron chi connectivity index (χ1n) is 10.5. The quantitative estimate of drug-likeness (QED) is 0.458. The Morgan fingerprint density at radius 1 is 0.647 bits per heavy atom. The largest absolute Gasteiger partial charge is 0.453 e. The van der Waals surface area contributed by atoms with Crippen molar-refractivity contribution in [3.8, 4) is 11.5 Å². The summed E-state index contributed by atoms with van der Waals surface area (Å²) in [6.45, 7) is 2.76. The predicted molar refractivity (Wildman–Crippen MR) is 113 cm³/mol. The molecule has 0 amide bonds. The van der Waals surface area contributed by atoms with Crippen molar-refractivity contribution in [2.45, 2.75) is 38.3 Å². The molecular formula is C24H22O10. The van der Waals surface area contributed by atoms with Crippen LogP contribution >= 0.6 is 0 Å². The molecule has 2 saturated heterocycles. The Kier molecular flexibility index (Phi) is 6.90. The molecule has 0 radical (unpaired) electrons. The second kappa shape index (κ2) is 10.0. The van der Waals surface area contributed by atoms with Gasteiger partial charge in [-0.3, -0.25) is 9.59 Å². The number of carbonyl (C=O) groups is 4. The maximum Gasteiger partial charge on any atom is 0.338 e. The first kappa shape index (κ1) is 23.4. The topological polar surface area (TPSA) is 124 Å². The number of hydrogen-bond acceptors (Lipinski definition) is 10. The Labute approximate surface area is 194 Å². The Bertz CT molecular complexity index is 988. The molecule has 2 aliphatic heterocycles. The molecule has 2 aromatic rings. The molecule has 2 aliphatic rings. The zero-order valence-corrected chi connectivity index (χ0v) is 18.4. The zero-order valence-electron chi connectivity index (χ0n) is 18.4. The standard InChI is InChI=1S/C24H22O10/c1-13(25)31-17-7-3-15(4-8-17)23(27)33-19-11-29-22-20(12-30-21(19)22)34-24(28)16-5-9-18(10-6-16)32-14(2)26/h3-10,19-22H,11-12H2,1-2H3/t19-,20-,21-,22-/m1/s1. The van der Waals surface area contributed by atoms with Gasteiger partial charge in [0.15, 0.2) is 12.2 Å².